The van der Waals surface area contributed by atoms with Crippen molar-refractivity contribution in [3.05, 3.63) is 0 Å². The summed E-state index contributed by atoms with van der Waals surface area (Å²) in [5, 5.41) is 2.57. The van der Waals surface area contributed by atoms with Crippen molar-refractivity contribution in [3.63, 3.8) is 0 Å². The van der Waals surface area contributed by atoms with Crippen LogP contribution in [0, 0.1) is 0 Å². The van der Waals surface area contributed by atoms with Crippen molar-refractivity contribution in [2.24, 2.45) is 0 Å². The van der Waals surface area contributed by atoms with Crippen LogP contribution in [-0.2, 0) is 9.59 Å². The van der Waals surface area contributed by atoms with Crippen LogP contribution in [0.25, 0.3) is 0 Å². The number of hydrogen-bond acceptors (Lipinski definition) is 2. The van der Waals surface area contributed by atoms with E-state index < -0.39 is 0 Å². The van der Waals surface area contributed by atoms with Gasteiger partial charge >= 0.3 is 0 Å². The van der Waals surface area contributed by atoms with Gasteiger partial charge in [0.15, 0.2) is 0 Å². The van der Waals surface area contributed by atoms with Crippen LogP contribution in [0.3, 0.4) is 0 Å². The van der Waals surface area contributed by atoms with Crippen LogP contribution in [0.4, 0.5) is 0 Å². The Morgan fingerprint density at radius 3 is 2.56 bits per heavy atom. The zero-order chi connectivity index (χ0) is 7.28. The minimum atomic E-state index is -0.208. The van der Waals surface area contributed by atoms with Crippen LogP contribution in [0.1, 0.15) is 20.3 Å². The van der Waals surface area contributed by atoms with E-state index in [0.29, 0.717) is 6.29 Å². The number of aldehydes is 1. The summed E-state index contributed by atoms with van der Waals surface area (Å²) in [6, 6.07) is 0.123. The van der Waals surface area contributed by atoms with Gasteiger partial charge in [-0.1, -0.05) is 0 Å². The highest BCUT2D eigenvalue weighted by atomic mass is 16.2. The van der Waals surface area contributed by atoms with Crippen molar-refractivity contribution < 1.29 is 9.59 Å². The van der Waals surface area contributed by atoms with Crippen LogP contribution in [0.2, 0.25) is 0 Å². The van der Waals surface area contributed by atoms with Crippen molar-refractivity contribution in [2.45, 2.75) is 26.3 Å². The fraction of sp³-hybridized carbons (Fsp3) is 0.667. The van der Waals surface area contributed by atoms with Gasteiger partial charge in [-0.3, -0.25) is 4.79 Å². The molecule has 0 fully saturated rings. The zero-order valence-electron chi connectivity index (χ0n) is 5.68. The van der Waals surface area contributed by atoms with E-state index in [0.717, 1.165) is 0 Å². The first kappa shape index (κ1) is 8.14. The Labute approximate surface area is 54.4 Å². The van der Waals surface area contributed by atoms with Crippen molar-refractivity contribution in [2.75, 3.05) is 0 Å². The average Bonchev–Trinajstić information content (AvgIpc) is 1.63. The SMILES string of the molecule is CC(C)NC(=O)CC=O. The molecule has 0 aliphatic rings. The number of nitrogens with one attached hydrogen (secondary N) is 1. The predicted octanol–water partition coefficient (Wildman–Crippen LogP) is 0.1000. The second-order valence-corrected chi connectivity index (χ2v) is 2.09. The maximum atomic E-state index is 10.5. The monoisotopic (exact) mass is 129 g/mol. The van der Waals surface area contributed by atoms with Crippen LogP contribution in [0.5, 0.6) is 0 Å². The first-order valence-electron chi connectivity index (χ1n) is 2.90. The molecule has 3 nitrogen and oxygen atoms in total. The third-order valence-corrected chi connectivity index (χ3v) is 0.718. The summed E-state index contributed by atoms with van der Waals surface area (Å²) in [6.45, 7) is 3.70. The zero-order valence-corrected chi connectivity index (χ0v) is 5.68. The molecule has 0 radical (unpaired) electrons. The van der Waals surface area contributed by atoms with Gasteiger partial charge in [0.05, 0.1) is 6.42 Å². The Kier molecular flexibility index (Phi) is 3.67. The van der Waals surface area contributed by atoms with Gasteiger partial charge in [0.25, 0.3) is 0 Å². The third kappa shape index (κ3) is 5.00. The fourth-order valence-electron chi connectivity index (χ4n) is 0.457. The maximum absolute atomic E-state index is 10.5. The molecule has 0 aliphatic heterocycles. The number of amides is 1. The summed E-state index contributed by atoms with van der Waals surface area (Å²) in [5.41, 5.74) is 0. The minimum absolute atomic E-state index is 0.0296. The van der Waals surface area contributed by atoms with Crippen LogP contribution in [0.15, 0.2) is 0 Å². The molecule has 1 amide bonds. The predicted molar refractivity (Wildman–Crippen MR) is 34.0 cm³/mol. The lowest BCUT2D eigenvalue weighted by Gasteiger charge is -2.04. The molecule has 52 valence electrons. The summed E-state index contributed by atoms with van der Waals surface area (Å²) in [5.74, 6) is -0.208. The Morgan fingerprint density at radius 2 is 2.22 bits per heavy atom. The molecule has 1 N–H and O–H groups in total. The molecule has 3 heteroatoms. The molecule has 0 aromatic heterocycles. The van der Waals surface area contributed by atoms with Crippen molar-refractivity contribution in [1.82, 2.24) is 5.32 Å². The average molecular weight is 129 g/mol. The molecule has 0 saturated carbocycles. The van der Waals surface area contributed by atoms with Gasteiger partial charge in [0, 0.05) is 6.04 Å². The molecule has 0 saturated heterocycles. The van der Waals surface area contributed by atoms with Gasteiger partial charge in [0.2, 0.25) is 5.91 Å². The number of carbonyl (C=O) groups is 2. The van der Waals surface area contributed by atoms with E-state index in [9.17, 15) is 9.59 Å². The minimum Gasteiger partial charge on any atom is -0.354 e. The fourth-order valence-corrected chi connectivity index (χ4v) is 0.457. The molecule has 0 bridgehead atoms. The van der Waals surface area contributed by atoms with Gasteiger partial charge in [-0.05, 0) is 13.8 Å². The standard InChI is InChI=1S/C6H11NO2/c1-5(2)7-6(9)3-4-8/h4-5H,3H2,1-2H3,(H,7,9). The Morgan fingerprint density at radius 1 is 1.67 bits per heavy atom. The maximum Gasteiger partial charge on any atom is 0.227 e. The number of hydrogen-bond donors (Lipinski definition) is 1. The van der Waals surface area contributed by atoms with Gasteiger partial charge in [-0.25, -0.2) is 0 Å². The van der Waals surface area contributed by atoms with Crippen LogP contribution in [-0.4, -0.2) is 18.2 Å². The third-order valence-electron chi connectivity index (χ3n) is 0.718. The van der Waals surface area contributed by atoms with Crippen molar-refractivity contribution in [3.8, 4) is 0 Å². The molecule has 0 rings (SSSR count). The van der Waals surface area contributed by atoms with Gasteiger partial charge in [0.1, 0.15) is 6.29 Å². The summed E-state index contributed by atoms with van der Waals surface area (Å²) in [7, 11) is 0. The normalized spacial score (nSPS) is 9.22. The Hall–Kier alpha value is -0.860. The first-order valence-corrected chi connectivity index (χ1v) is 2.90. The van der Waals surface area contributed by atoms with E-state index in [1.54, 1.807) is 0 Å². The Bertz CT molecular complexity index is 110. The summed E-state index contributed by atoms with van der Waals surface area (Å²) in [6.07, 6.45) is 0.565. The molecule has 0 aromatic carbocycles. The lowest BCUT2D eigenvalue weighted by molar-refractivity contribution is -0.124. The van der Waals surface area contributed by atoms with E-state index in [1.165, 1.54) is 0 Å². The van der Waals surface area contributed by atoms with Crippen molar-refractivity contribution in [1.29, 1.82) is 0 Å². The van der Waals surface area contributed by atoms with E-state index in [2.05, 4.69) is 5.32 Å². The summed E-state index contributed by atoms with van der Waals surface area (Å²) < 4.78 is 0. The van der Waals surface area contributed by atoms with Crippen LogP contribution >= 0.6 is 0 Å². The van der Waals surface area contributed by atoms with Crippen molar-refractivity contribution >= 4 is 12.2 Å². The summed E-state index contributed by atoms with van der Waals surface area (Å²) in [4.78, 5) is 20.2. The highest BCUT2D eigenvalue weighted by molar-refractivity contribution is 5.88. The molecule has 0 aliphatic carbocycles. The molecular weight excluding hydrogens is 118 g/mol. The van der Waals surface area contributed by atoms with E-state index in [-0.39, 0.29) is 18.4 Å². The lowest BCUT2D eigenvalue weighted by Crippen LogP contribution is -2.29. The molecule has 9 heavy (non-hydrogen) atoms. The largest absolute Gasteiger partial charge is 0.354 e. The number of rotatable bonds is 3. The highest BCUT2D eigenvalue weighted by Crippen LogP contribution is 1.78. The molecule has 0 unspecified atom stereocenters. The summed E-state index contributed by atoms with van der Waals surface area (Å²) >= 11 is 0. The van der Waals surface area contributed by atoms with E-state index in [4.69, 9.17) is 0 Å². The molecule has 0 aromatic rings. The quantitative estimate of drug-likeness (QED) is 0.434. The van der Waals surface area contributed by atoms with Gasteiger partial charge in [-0.2, -0.15) is 0 Å². The molecular formula is C6H11NO2. The Balaban J connectivity index is 3.38. The smallest absolute Gasteiger partial charge is 0.227 e. The lowest BCUT2D eigenvalue weighted by atomic mass is 10.3. The molecule has 0 heterocycles. The van der Waals surface area contributed by atoms with Gasteiger partial charge < -0.3 is 10.1 Å². The second kappa shape index (κ2) is 4.06. The molecule has 0 spiro atoms. The highest BCUT2D eigenvalue weighted by Gasteiger charge is 1.99. The van der Waals surface area contributed by atoms with E-state index in [1.807, 2.05) is 13.8 Å². The topological polar surface area (TPSA) is 46.2 Å². The number of carbonyl (C=O) groups excluding carboxylic acids is 2. The van der Waals surface area contributed by atoms with Gasteiger partial charge in [-0.15, -0.1) is 0 Å². The first-order chi connectivity index (χ1) is 4.16. The molecule has 0 atom stereocenters. The second-order valence-electron chi connectivity index (χ2n) is 2.09. The van der Waals surface area contributed by atoms with Crippen LogP contribution < -0.4 is 5.32 Å². The van der Waals surface area contributed by atoms with E-state index >= 15 is 0 Å².